The molecular weight excluding hydrogens is 721 g/mol. The average Bonchev–Trinajstić information content (AvgIpc) is 3.94. The number of para-hydroxylation sites is 2. The fourth-order valence-electron chi connectivity index (χ4n) is 8.28. The standard InChI is InChI=1S/C54H54N4O/c1-35(2)47-21-15-22-48(36(3)4)51(47)57-27-25-55-53(57)43-29-41(39-17-11-9-12-18-39)31-45(33-43)59-46-32-42(40-19-13-10-14-20-40)30-44(34-46)54-56-26-28-58(54)52-49(37(5)6)23-16-24-50(52)38(7)8/h9-38H,1-8H3. The van der Waals surface area contributed by atoms with Gasteiger partial charge >= 0.3 is 0 Å². The van der Waals surface area contributed by atoms with Gasteiger partial charge in [0.05, 0.1) is 11.4 Å². The zero-order valence-electron chi connectivity index (χ0n) is 35.5. The number of hydrogen-bond donors (Lipinski definition) is 0. The van der Waals surface area contributed by atoms with Gasteiger partial charge in [0, 0.05) is 35.9 Å². The Bertz CT molecular complexity index is 2460. The molecule has 0 saturated carbocycles. The van der Waals surface area contributed by atoms with Gasteiger partial charge in [-0.05, 0) is 105 Å². The lowest BCUT2D eigenvalue weighted by molar-refractivity contribution is 0.483. The first-order chi connectivity index (χ1) is 28.6. The van der Waals surface area contributed by atoms with Crippen LogP contribution < -0.4 is 4.74 Å². The molecule has 0 N–H and O–H groups in total. The van der Waals surface area contributed by atoms with E-state index in [-0.39, 0.29) is 0 Å². The molecule has 2 heterocycles. The summed E-state index contributed by atoms with van der Waals surface area (Å²) in [4.78, 5) is 10.0. The van der Waals surface area contributed by atoms with Crippen molar-refractivity contribution < 1.29 is 4.74 Å². The molecule has 0 unspecified atom stereocenters. The van der Waals surface area contributed by atoms with Crippen molar-refractivity contribution in [1.29, 1.82) is 0 Å². The number of ether oxygens (including phenoxy) is 1. The molecule has 5 heteroatoms. The number of imidazole rings is 2. The van der Waals surface area contributed by atoms with Crippen LogP contribution in [0.1, 0.15) is 101 Å². The van der Waals surface area contributed by atoms with Gasteiger partial charge < -0.3 is 4.74 Å². The smallest absolute Gasteiger partial charge is 0.144 e. The second-order valence-electron chi connectivity index (χ2n) is 16.8. The second-order valence-corrected chi connectivity index (χ2v) is 16.8. The van der Waals surface area contributed by atoms with Crippen LogP contribution in [0.3, 0.4) is 0 Å². The van der Waals surface area contributed by atoms with Crippen molar-refractivity contribution in [3.8, 4) is 67.9 Å². The lowest BCUT2D eigenvalue weighted by atomic mass is 9.92. The molecule has 59 heavy (non-hydrogen) atoms. The first kappa shape index (κ1) is 39.4. The lowest BCUT2D eigenvalue weighted by Crippen LogP contribution is -2.08. The number of aromatic nitrogens is 4. The quantitative estimate of drug-likeness (QED) is 0.124. The number of benzene rings is 6. The maximum Gasteiger partial charge on any atom is 0.144 e. The van der Waals surface area contributed by atoms with Gasteiger partial charge in [-0.25, -0.2) is 9.97 Å². The summed E-state index contributed by atoms with van der Waals surface area (Å²) in [6.45, 7) is 18.1. The summed E-state index contributed by atoms with van der Waals surface area (Å²) in [5, 5.41) is 0. The molecule has 0 atom stereocenters. The highest BCUT2D eigenvalue weighted by atomic mass is 16.5. The van der Waals surface area contributed by atoms with Crippen molar-refractivity contribution >= 4 is 0 Å². The summed E-state index contributed by atoms with van der Waals surface area (Å²) >= 11 is 0. The van der Waals surface area contributed by atoms with E-state index in [1.54, 1.807) is 0 Å². The minimum atomic E-state index is 0.339. The molecule has 0 fully saturated rings. The summed E-state index contributed by atoms with van der Waals surface area (Å²) in [6.07, 6.45) is 8.01. The van der Waals surface area contributed by atoms with Crippen LogP contribution in [0.2, 0.25) is 0 Å². The van der Waals surface area contributed by atoms with E-state index in [0.29, 0.717) is 23.7 Å². The largest absolute Gasteiger partial charge is 0.457 e. The van der Waals surface area contributed by atoms with Crippen molar-refractivity contribution in [2.45, 2.75) is 79.1 Å². The van der Waals surface area contributed by atoms with Crippen LogP contribution in [-0.2, 0) is 0 Å². The summed E-state index contributed by atoms with van der Waals surface area (Å²) in [5.41, 5.74) is 13.9. The Labute approximate surface area is 350 Å². The highest BCUT2D eigenvalue weighted by molar-refractivity contribution is 5.76. The van der Waals surface area contributed by atoms with Crippen LogP contribution in [0.25, 0.3) is 56.4 Å². The molecule has 0 bridgehead atoms. The molecule has 0 spiro atoms. The van der Waals surface area contributed by atoms with Crippen LogP contribution >= 0.6 is 0 Å². The fourth-order valence-corrected chi connectivity index (χ4v) is 8.28. The SMILES string of the molecule is CC(C)c1cccc(C(C)C)c1-n1ccnc1-c1cc(Oc2cc(-c3ccccc3)cc(-c3nccn3-c3c(C(C)C)cccc3C(C)C)c2)cc(-c2ccccc2)c1. The van der Waals surface area contributed by atoms with E-state index in [2.05, 4.69) is 210 Å². The van der Waals surface area contributed by atoms with E-state index in [1.807, 2.05) is 12.4 Å². The zero-order valence-corrected chi connectivity index (χ0v) is 35.5. The third-order valence-electron chi connectivity index (χ3n) is 11.2. The Morgan fingerprint density at radius 3 is 1.05 bits per heavy atom. The Balaban J connectivity index is 1.30. The molecule has 0 aliphatic carbocycles. The van der Waals surface area contributed by atoms with E-state index >= 15 is 0 Å². The zero-order chi connectivity index (χ0) is 41.2. The van der Waals surface area contributed by atoms with Crippen molar-refractivity contribution in [2.75, 3.05) is 0 Å². The topological polar surface area (TPSA) is 44.9 Å². The molecular formula is C54H54N4O. The molecule has 6 aromatic carbocycles. The van der Waals surface area contributed by atoms with Crippen LogP contribution in [0.4, 0.5) is 0 Å². The monoisotopic (exact) mass is 774 g/mol. The highest BCUT2D eigenvalue weighted by Crippen LogP contribution is 2.40. The maximum atomic E-state index is 7.05. The predicted molar refractivity (Wildman–Crippen MR) is 245 cm³/mol. The van der Waals surface area contributed by atoms with Crippen molar-refractivity contribution in [2.24, 2.45) is 0 Å². The molecule has 2 aromatic heterocycles. The fraction of sp³-hybridized carbons (Fsp3) is 0.222. The van der Waals surface area contributed by atoms with Crippen LogP contribution in [-0.4, -0.2) is 19.1 Å². The van der Waals surface area contributed by atoms with Gasteiger partial charge in [-0.3, -0.25) is 9.13 Å². The number of hydrogen-bond acceptors (Lipinski definition) is 3. The van der Waals surface area contributed by atoms with Gasteiger partial charge in [0.25, 0.3) is 0 Å². The minimum absolute atomic E-state index is 0.339. The van der Waals surface area contributed by atoms with E-state index in [9.17, 15) is 0 Å². The molecule has 5 nitrogen and oxygen atoms in total. The van der Waals surface area contributed by atoms with E-state index in [0.717, 1.165) is 56.5 Å². The third-order valence-corrected chi connectivity index (χ3v) is 11.2. The van der Waals surface area contributed by atoms with Gasteiger partial charge in [0.15, 0.2) is 0 Å². The highest BCUT2D eigenvalue weighted by Gasteiger charge is 2.22. The van der Waals surface area contributed by atoms with Crippen LogP contribution in [0.5, 0.6) is 11.5 Å². The van der Waals surface area contributed by atoms with Crippen LogP contribution in [0, 0.1) is 0 Å². The van der Waals surface area contributed by atoms with Crippen LogP contribution in [0.15, 0.2) is 158 Å². The number of rotatable bonds is 12. The van der Waals surface area contributed by atoms with Crippen molar-refractivity contribution in [1.82, 2.24) is 19.1 Å². The second kappa shape index (κ2) is 16.8. The van der Waals surface area contributed by atoms with Gasteiger partial charge in [-0.1, -0.05) is 152 Å². The van der Waals surface area contributed by atoms with Gasteiger partial charge in [0.1, 0.15) is 23.1 Å². The van der Waals surface area contributed by atoms with Crippen molar-refractivity contribution in [3.63, 3.8) is 0 Å². The predicted octanol–water partition coefficient (Wildman–Crippen LogP) is 15.0. The van der Waals surface area contributed by atoms with Gasteiger partial charge in [0.2, 0.25) is 0 Å². The van der Waals surface area contributed by atoms with Gasteiger partial charge in [-0.15, -0.1) is 0 Å². The van der Waals surface area contributed by atoms with E-state index in [1.165, 1.54) is 33.6 Å². The summed E-state index contributed by atoms with van der Waals surface area (Å²) in [7, 11) is 0. The first-order valence-corrected chi connectivity index (χ1v) is 21.0. The molecule has 0 aliphatic rings. The normalized spacial score (nSPS) is 11.7. The summed E-state index contributed by atoms with van der Waals surface area (Å²) in [5.74, 6) is 4.54. The molecule has 296 valence electrons. The third kappa shape index (κ3) is 8.03. The molecule has 0 amide bonds. The van der Waals surface area contributed by atoms with Crippen molar-refractivity contribution in [3.05, 3.63) is 181 Å². The lowest BCUT2D eigenvalue weighted by Gasteiger charge is -2.22. The average molecular weight is 775 g/mol. The Morgan fingerprint density at radius 2 is 0.712 bits per heavy atom. The molecule has 0 radical (unpaired) electrons. The van der Waals surface area contributed by atoms with E-state index in [4.69, 9.17) is 14.7 Å². The Kier molecular flexibility index (Phi) is 11.2. The number of nitrogens with zero attached hydrogens (tertiary/aromatic N) is 4. The Hall–Kier alpha value is -6.46. The molecule has 8 rings (SSSR count). The minimum Gasteiger partial charge on any atom is -0.457 e. The van der Waals surface area contributed by atoms with E-state index < -0.39 is 0 Å². The van der Waals surface area contributed by atoms with Gasteiger partial charge in [-0.2, -0.15) is 0 Å². The molecule has 0 saturated heterocycles. The summed E-state index contributed by atoms with van der Waals surface area (Å²) in [6, 6.07) is 47.4. The molecule has 8 aromatic rings. The first-order valence-electron chi connectivity index (χ1n) is 21.0. The molecule has 0 aliphatic heterocycles. The summed E-state index contributed by atoms with van der Waals surface area (Å²) < 4.78 is 11.6. The maximum absolute atomic E-state index is 7.05. The Morgan fingerprint density at radius 1 is 0.373 bits per heavy atom.